The van der Waals surface area contributed by atoms with Crippen LogP contribution in [0.2, 0.25) is 5.02 Å². The molecule has 1 atom stereocenters. The van der Waals surface area contributed by atoms with Crippen LogP contribution < -0.4 is 15.4 Å². The van der Waals surface area contributed by atoms with Gasteiger partial charge in [0.1, 0.15) is 11.5 Å². The standard InChI is InChI=1S/C18H17ClN2O3/c19-15-3-1-2-4-16(15)24-14-7-5-13(6-8-14)21-18(23)12-9-10-20-17(22)11-12/h1-8,12H,9-11H2,(H,20,22)(H,21,23)/t12-/m1/s1. The molecule has 0 saturated carbocycles. The van der Waals surface area contributed by atoms with Gasteiger partial charge in [-0.2, -0.15) is 0 Å². The van der Waals surface area contributed by atoms with Crippen LogP contribution in [0.25, 0.3) is 0 Å². The number of rotatable bonds is 4. The fraction of sp³-hybridized carbons (Fsp3) is 0.222. The molecule has 3 rings (SSSR count). The Kier molecular flexibility index (Phi) is 5.01. The fourth-order valence-electron chi connectivity index (χ4n) is 2.51. The van der Waals surface area contributed by atoms with E-state index >= 15 is 0 Å². The van der Waals surface area contributed by atoms with Crippen LogP contribution in [0.1, 0.15) is 12.8 Å². The van der Waals surface area contributed by atoms with Crippen LogP contribution in [0.3, 0.4) is 0 Å². The second-order valence-electron chi connectivity index (χ2n) is 5.59. The number of hydrogen-bond donors (Lipinski definition) is 2. The maximum absolute atomic E-state index is 12.2. The molecule has 1 aliphatic rings. The van der Waals surface area contributed by atoms with Crippen LogP contribution >= 0.6 is 11.6 Å². The number of benzene rings is 2. The lowest BCUT2D eigenvalue weighted by molar-refractivity contribution is -0.129. The van der Waals surface area contributed by atoms with E-state index in [0.29, 0.717) is 35.2 Å². The third-order valence-corrected chi connectivity index (χ3v) is 4.12. The minimum Gasteiger partial charge on any atom is -0.456 e. The summed E-state index contributed by atoms with van der Waals surface area (Å²) < 4.78 is 5.70. The van der Waals surface area contributed by atoms with Crippen LogP contribution in [-0.4, -0.2) is 18.4 Å². The third kappa shape index (κ3) is 4.06. The van der Waals surface area contributed by atoms with Gasteiger partial charge < -0.3 is 15.4 Å². The molecular weight excluding hydrogens is 328 g/mol. The van der Waals surface area contributed by atoms with E-state index < -0.39 is 0 Å². The molecule has 24 heavy (non-hydrogen) atoms. The van der Waals surface area contributed by atoms with Crippen molar-refractivity contribution < 1.29 is 14.3 Å². The maximum atomic E-state index is 12.2. The normalized spacial score (nSPS) is 17.0. The first-order valence-corrected chi connectivity index (χ1v) is 8.09. The number of amides is 2. The SMILES string of the molecule is O=C1C[C@H](C(=O)Nc2ccc(Oc3ccccc3Cl)cc2)CCN1. The Morgan fingerprint density at radius 2 is 1.92 bits per heavy atom. The molecule has 0 spiro atoms. The van der Waals surface area contributed by atoms with Crippen molar-refractivity contribution in [2.24, 2.45) is 5.92 Å². The van der Waals surface area contributed by atoms with E-state index in [1.807, 2.05) is 12.1 Å². The van der Waals surface area contributed by atoms with E-state index in [9.17, 15) is 9.59 Å². The van der Waals surface area contributed by atoms with Gasteiger partial charge in [-0.15, -0.1) is 0 Å². The predicted molar refractivity (Wildman–Crippen MR) is 92.3 cm³/mol. The Hall–Kier alpha value is -2.53. The van der Waals surface area contributed by atoms with Crippen LogP contribution in [-0.2, 0) is 9.59 Å². The van der Waals surface area contributed by atoms with E-state index in [4.69, 9.17) is 16.3 Å². The molecule has 0 radical (unpaired) electrons. The van der Waals surface area contributed by atoms with Crippen LogP contribution in [0.5, 0.6) is 11.5 Å². The molecule has 1 heterocycles. The smallest absolute Gasteiger partial charge is 0.228 e. The molecule has 0 aromatic heterocycles. The molecule has 1 saturated heterocycles. The minimum atomic E-state index is -0.280. The van der Waals surface area contributed by atoms with E-state index in [1.54, 1.807) is 36.4 Å². The molecular formula is C18H17ClN2O3. The molecule has 2 aromatic rings. The fourth-order valence-corrected chi connectivity index (χ4v) is 2.69. The zero-order valence-corrected chi connectivity index (χ0v) is 13.7. The molecule has 1 aliphatic heterocycles. The van der Waals surface area contributed by atoms with Crippen molar-refractivity contribution in [1.29, 1.82) is 0 Å². The summed E-state index contributed by atoms with van der Waals surface area (Å²) in [4.78, 5) is 23.6. The first-order chi connectivity index (χ1) is 11.6. The number of halogens is 1. The van der Waals surface area contributed by atoms with E-state index in [0.717, 1.165) is 0 Å². The van der Waals surface area contributed by atoms with E-state index in [2.05, 4.69) is 10.6 Å². The average molecular weight is 345 g/mol. The Morgan fingerprint density at radius 3 is 2.62 bits per heavy atom. The van der Waals surface area contributed by atoms with Crippen molar-refractivity contribution >= 4 is 29.1 Å². The largest absolute Gasteiger partial charge is 0.456 e. The van der Waals surface area contributed by atoms with Crippen LogP contribution in [0.15, 0.2) is 48.5 Å². The molecule has 5 nitrogen and oxygen atoms in total. The topological polar surface area (TPSA) is 67.4 Å². The van der Waals surface area contributed by atoms with Crippen LogP contribution in [0, 0.1) is 5.92 Å². The summed E-state index contributed by atoms with van der Waals surface area (Å²) >= 11 is 6.06. The lowest BCUT2D eigenvalue weighted by Gasteiger charge is -2.21. The molecule has 2 amide bonds. The van der Waals surface area contributed by atoms with Crippen molar-refractivity contribution in [3.63, 3.8) is 0 Å². The molecule has 6 heteroatoms. The number of hydrogen-bond acceptors (Lipinski definition) is 3. The number of ether oxygens (including phenoxy) is 1. The van der Waals surface area contributed by atoms with E-state index in [1.165, 1.54) is 0 Å². The van der Waals surface area contributed by atoms with Gasteiger partial charge in [-0.25, -0.2) is 0 Å². The van der Waals surface area contributed by atoms with Crippen molar-refractivity contribution in [1.82, 2.24) is 5.32 Å². The number of piperidine rings is 1. The molecule has 2 aromatic carbocycles. The monoisotopic (exact) mass is 344 g/mol. The number of carbonyl (C=O) groups excluding carboxylic acids is 2. The first-order valence-electron chi connectivity index (χ1n) is 7.72. The number of para-hydroxylation sites is 1. The Balaban J connectivity index is 1.61. The zero-order chi connectivity index (χ0) is 16.9. The highest BCUT2D eigenvalue weighted by molar-refractivity contribution is 6.32. The number of nitrogens with one attached hydrogen (secondary N) is 2. The molecule has 1 fully saturated rings. The lowest BCUT2D eigenvalue weighted by Crippen LogP contribution is -2.38. The van der Waals surface area contributed by atoms with Crippen LogP contribution in [0.4, 0.5) is 5.69 Å². The van der Waals surface area contributed by atoms with Gasteiger partial charge in [-0.1, -0.05) is 23.7 Å². The Morgan fingerprint density at radius 1 is 1.17 bits per heavy atom. The van der Waals surface area contributed by atoms with Crippen molar-refractivity contribution in [2.45, 2.75) is 12.8 Å². The summed E-state index contributed by atoms with van der Waals surface area (Å²) in [7, 11) is 0. The van der Waals surface area contributed by atoms with E-state index in [-0.39, 0.29) is 24.2 Å². The van der Waals surface area contributed by atoms with Gasteiger partial charge in [0, 0.05) is 24.6 Å². The quantitative estimate of drug-likeness (QED) is 0.890. The lowest BCUT2D eigenvalue weighted by atomic mass is 9.96. The molecule has 124 valence electrons. The number of carbonyl (C=O) groups is 2. The molecule has 2 N–H and O–H groups in total. The highest BCUT2D eigenvalue weighted by atomic mass is 35.5. The van der Waals surface area contributed by atoms with Crippen molar-refractivity contribution in [3.05, 3.63) is 53.6 Å². The van der Waals surface area contributed by atoms with Gasteiger partial charge in [0.2, 0.25) is 11.8 Å². The van der Waals surface area contributed by atoms with Gasteiger partial charge in [0.15, 0.2) is 0 Å². The van der Waals surface area contributed by atoms with Gasteiger partial charge in [0.05, 0.1) is 5.02 Å². The van der Waals surface area contributed by atoms with Gasteiger partial charge >= 0.3 is 0 Å². The average Bonchev–Trinajstić information content (AvgIpc) is 2.58. The number of anilines is 1. The zero-order valence-electron chi connectivity index (χ0n) is 12.9. The van der Waals surface area contributed by atoms with Crippen molar-refractivity contribution in [2.75, 3.05) is 11.9 Å². The first kappa shape index (κ1) is 16.3. The molecule has 0 unspecified atom stereocenters. The van der Waals surface area contributed by atoms with Gasteiger partial charge in [0.25, 0.3) is 0 Å². The van der Waals surface area contributed by atoms with Crippen molar-refractivity contribution in [3.8, 4) is 11.5 Å². The summed E-state index contributed by atoms with van der Waals surface area (Å²) in [5.74, 6) is 0.703. The summed E-state index contributed by atoms with van der Waals surface area (Å²) in [5, 5.41) is 6.09. The van der Waals surface area contributed by atoms with Gasteiger partial charge in [-0.3, -0.25) is 9.59 Å². The molecule has 0 aliphatic carbocycles. The Labute approximate surface area is 145 Å². The maximum Gasteiger partial charge on any atom is 0.228 e. The second kappa shape index (κ2) is 7.36. The molecule has 0 bridgehead atoms. The summed E-state index contributed by atoms with van der Waals surface area (Å²) in [6, 6.07) is 14.2. The summed E-state index contributed by atoms with van der Waals surface area (Å²) in [6.07, 6.45) is 0.894. The summed E-state index contributed by atoms with van der Waals surface area (Å²) in [6.45, 7) is 0.543. The minimum absolute atomic E-state index is 0.0788. The highest BCUT2D eigenvalue weighted by Gasteiger charge is 2.25. The highest BCUT2D eigenvalue weighted by Crippen LogP contribution is 2.29. The van der Waals surface area contributed by atoms with Gasteiger partial charge in [-0.05, 0) is 42.8 Å². The summed E-state index contributed by atoms with van der Waals surface area (Å²) in [5.41, 5.74) is 0.664. The predicted octanol–water partition coefficient (Wildman–Crippen LogP) is 3.60. The second-order valence-corrected chi connectivity index (χ2v) is 5.99. The third-order valence-electron chi connectivity index (χ3n) is 3.80. The Bertz CT molecular complexity index is 746.